The molecule has 0 amide bonds. The predicted molar refractivity (Wildman–Crippen MR) is 142 cm³/mol. The van der Waals surface area contributed by atoms with Crippen molar-refractivity contribution in [2.24, 2.45) is 45.3 Å². The number of cyclic esters (lactones) is 1. The topological polar surface area (TPSA) is 63.6 Å². The zero-order valence-corrected chi connectivity index (χ0v) is 23.9. The molecule has 36 heavy (non-hydrogen) atoms. The summed E-state index contributed by atoms with van der Waals surface area (Å²) in [6.07, 6.45) is 10.3. The summed E-state index contributed by atoms with van der Waals surface area (Å²) in [6, 6.07) is 0. The summed E-state index contributed by atoms with van der Waals surface area (Å²) in [5.41, 5.74) is 2.18. The number of hydrogen-bond acceptors (Lipinski definition) is 4. The van der Waals surface area contributed by atoms with Gasteiger partial charge in [0.15, 0.2) is 0 Å². The fourth-order valence-electron chi connectivity index (χ4n) is 11.1. The van der Waals surface area contributed by atoms with Crippen LogP contribution < -0.4 is 0 Å². The molecule has 1 aliphatic heterocycles. The largest absolute Gasteiger partial charge is 0.455 e. The number of fused-ring (bicyclic) bond motifs is 6. The summed E-state index contributed by atoms with van der Waals surface area (Å²) in [5.74, 6) is 1.21. The molecule has 5 rings (SSSR count). The smallest absolute Gasteiger partial charge is 0.335 e. The van der Waals surface area contributed by atoms with Crippen LogP contribution in [-0.2, 0) is 14.3 Å². The minimum atomic E-state index is -0.605. The normalized spacial score (nSPS) is 48.9. The van der Waals surface area contributed by atoms with Crippen LogP contribution >= 0.6 is 0 Å². The quantitative estimate of drug-likeness (QED) is 0.413. The maximum atomic E-state index is 14.1. The number of Topliss-reactive ketones (excluding diaryl/α,β-unsaturated/α-hetero) is 1. The molecule has 10 atom stereocenters. The highest BCUT2D eigenvalue weighted by atomic mass is 16.5. The third kappa shape index (κ3) is 3.41. The summed E-state index contributed by atoms with van der Waals surface area (Å²) in [7, 11) is 0. The zero-order chi connectivity index (χ0) is 26.3. The summed E-state index contributed by atoms with van der Waals surface area (Å²) in [5, 5.41) is 10.5. The Labute approximate surface area is 219 Å². The molecular weight excluding hydrogens is 448 g/mol. The average molecular weight is 499 g/mol. The molecular formula is C32H50O4. The molecule has 4 heteroatoms. The van der Waals surface area contributed by atoms with Gasteiger partial charge in [-0.1, -0.05) is 54.4 Å². The van der Waals surface area contributed by atoms with E-state index in [1.165, 1.54) is 38.5 Å². The van der Waals surface area contributed by atoms with Crippen molar-refractivity contribution >= 4 is 11.8 Å². The molecule has 1 unspecified atom stereocenters. The van der Waals surface area contributed by atoms with Gasteiger partial charge in [-0.15, -0.1) is 0 Å². The molecule has 1 heterocycles. The zero-order valence-electron chi connectivity index (χ0n) is 23.9. The summed E-state index contributed by atoms with van der Waals surface area (Å²) >= 11 is 0. The lowest BCUT2D eigenvalue weighted by atomic mass is 9.33. The Morgan fingerprint density at radius 2 is 1.72 bits per heavy atom. The van der Waals surface area contributed by atoms with E-state index in [1.807, 2.05) is 13.8 Å². The Hall–Kier alpha value is -1.16. The molecule has 202 valence electrons. The van der Waals surface area contributed by atoms with Gasteiger partial charge in [0, 0.05) is 23.3 Å². The van der Waals surface area contributed by atoms with E-state index in [0.29, 0.717) is 29.6 Å². The van der Waals surface area contributed by atoms with Crippen LogP contribution in [0.25, 0.3) is 0 Å². The number of carbonyl (C=O) groups is 2. The lowest BCUT2D eigenvalue weighted by Gasteiger charge is -2.70. The van der Waals surface area contributed by atoms with E-state index in [4.69, 9.17) is 4.74 Å². The highest BCUT2D eigenvalue weighted by molar-refractivity contribution is 5.96. The highest BCUT2D eigenvalue weighted by Gasteiger charge is 2.69. The van der Waals surface area contributed by atoms with Crippen molar-refractivity contribution in [2.45, 2.75) is 131 Å². The molecule has 0 spiro atoms. The summed E-state index contributed by atoms with van der Waals surface area (Å²) in [4.78, 5) is 27.5. The third-order valence-corrected chi connectivity index (χ3v) is 13.0. The van der Waals surface area contributed by atoms with Gasteiger partial charge in [-0.2, -0.15) is 0 Å². The van der Waals surface area contributed by atoms with Crippen molar-refractivity contribution < 1.29 is 19.4 Å². The molecule has 0 aromatic rings. The molecule has 5 aliphatic rings. The number of ketones is 1. The van der Waals surface area contributed by atoms with Gasteiger partial charge < -0.3 is 9.84 Å². The average Bonchev–Trinajstić information content (AvgIpc) is 3.12. The van der Waals surface area contributed by atoms with Gasteiger partial charge in [-0.3, -0.25) is 4.79 Å². The van der Waals surface area contributed by atoms with Crippen molar-refractivity contribution in [2.75, 3.05) is 0 Å². The second-order valence-corrected chi connectivity index (χ2v) is 14.4. The van der Waals surface area contributed by atoms with E-state index in [9.17, 15) is 14.7 Å². The molecule has 3 saturated carbocycles. The molecule has 1 N–H and O–H groups in total. The number of hydrogen-bond donors (Lipinski definition) is 1. The number of ether oxygens (including phenoxy) is 1. The second-order valence-electron chi connectivity index (χ2n) is 14.4. The van der Waals surface area contributed by atoms with Crippen molar-refractivity contribution in [1.82, 2.24) is 0 Å². The maximum Gasteiger partial charge on any atom is 0.335 e. The molecule has 0 bridgehead atoms. The molecule has 0 aromatic carbocycles. The number of aliphatic hydroxyl groups excluding tert-OH is 1. The van der Waals surface area contributed by atoms with Gasteiger partial charge in [0.05, 0.1) is 6.10 Å². The van der Waals surface area contributed by atoms with Crippen LogP contribution in [0, 0.1) is 45.3 Å². The SMILES string of the molecule is CCC(O)CC(=O)[C@H]1C[C@@H]2[C@@]3(C)CCC[C@](C)(CC)[C@@H]3CC[C@@]2(C)[C@@H]2CCC3=C(C(=O)O[C@@H]3C)[C@@]12C. The van der Waals surface area contributed by atoms with E-state index in [2.05, 4.69) is 34.6 Å². The van der Waals surface area contributed by atoms with Gasteiger partial charge in [0.1, 0.15) is 11.9 Å². The molecule has 0 radical (unpaired) electrons. The first-order chi connectivity index (χ1) is 16.9. The third-order valence-electron chi connectivity index (χ3n) is 13.0. The fourth-order valence-corrected chi connectivity index (χ4v) is 11.1. The Morgan fingerprint density at radius 3 is 2.39 bits per heavy atom. The van der Waals surface area contributed by atoms with Gasteiger partial charge in [0.25, 0.3) is 0 Å². The van der Waals surface area contributed by atoms with E-state index < -0.39 is 11.5 Å². The summed E-state index contributed by atoms with van der Waals surface area (Å²) in [6.45, 7) is 16.2. The van der Waals surface area contributed by atoms with Crippen LogP contribution in [-0.4, -0.2) is 29.1 Å². The van der Waals surface area contributed by atoms with E-state index in [-0.39, 0.29) is 41.0 Å². The fraction of sp³-hybridized carbons (Fsp3) is 0.875. The van der Waals surface area contributed by atoms with Gasteiger partial charge >= 0.3 is 5.97 Å². The van der Waals surface area contributed by atoms with Crippen LogP contribution in [0.4, 0.5) is 0 Å². The lowest BCUT2D eigenvalue weighted by molar-refractivity contribution is -0.207. The van der Waals surface area contributed by atoms with E-state index in [0.717, 1.165) is 30.4 Å². The first-order valence-corrected chi connectivity index (χ1v) is 15.0. The van der Waals surface area contributed by atoms with E-state index in [1.54, 1.807) is 0 Å². The predicted octanol–water partition coefficient (Wildman–Crippen LogP) is 7.03. The van der Waals surface area contributed by atoms with Crippen LogP contribution in [0.15, 0.2) is 11.1 Å². The van der Waals surface area contributed by atoms with Crippen LogP contribution in [0.1, 0.15) is 119 Å². The lowest BCUT2D eigenvalue weighted by Crippen LogP contribution is -2.65. The molecule has 3 fully saturated rings. The minimum absolute atomic E-state index is 0.108. The molecule has 0 saturated heterocycles. The molecule has 0 aromatic heterocycles. The van der Waals surface area contributed by atoms with Gasteiger partial charge in [0.2, 0.25) is 0 Å². The monoisotopic (exact) mass is 498 g/mol. The van der Waals surface area contributed by atoms with Crippen LogP contribution in [0.2, 0.25) is 0 Å². The van der Waals surface area contributed by atoms with E-state index >= 15 is 0 Å². The number of esters is 1. The number of aliphatic hydroxyl groups is 1. The summed E-state index contributed by atoms with van der Waals surface area (Å²) < 4.78 is 5.80. The maximum absolute atomic E-state index is 14.1. The van der Waals surface area contributed by atoms with Crippen molar-refractivity contribution in [1.29, 1.82) is 0 Å². The first kappa shape index (κ1) is 26.4. The molecule has 4 nitrogen and oxygen atoms in total. The van der Waals surface area contributed by atoms with Crippen LogP contribution in [0.5, 0.6) is 0 Å². The second kappa shape index (κ2) is 8.68. The van der Waals surface area contributed by atoms with Crippen molar-refractivity contribution in [3.8, 4) is 0 Å². The Bertz CT molecular complexity index is 967. The van der Waals surface area contributed by atoms with Crippen LogP contribution in [0.3, 0.4) is 0 Å². The highest BCUT2D eigenvalue weighted by Crippen LogP contribution is 2.75. The number of carbonyl (C=O) groups excluding carboxylic acids is 2. The minimum Gasteiger partial charge on any atom is -0.455 e. The Morgan fingerprint density at radius 1 is 1.03 bits per heavy atom. The molecule has 4 aliphatic carbocycles. The van der Waals surface area contributed by atoms with Crippen molar-refractivity contribution in [3.05, 3.63) is 11.1 Å². The van der Waals surface area contributed by atoms with Gasteiger partial charge in [-0.25, -0.2) is 4.79 Å². The Kier molecular flexibility index (Phi) is 6.38. The number of rotatable bonds is 5. The van der Waals surface area contributed by atoms with Crippen molar-refractivity contribution in [3.63, 3.8) is 0 Å². The van der Waals surface area contributed by atoms with Gasteiger partial charge in [-0.05, 0) is 97.9 Å². The first-order valence-electron chi connectivity index (χ1n) is 15.0. The Balaban J connectivity index is 1.64. The standard InChI is InChI=1S/C32H50O4/c1-8-20(33)17-23(34)22-18-26-30(5)15-10-14-29(4,9-2)24(30)13-16-31(26,6)25-12-11-21-19(3)36-28(35)27(21)32(22,25)7/h19-20,22,24-26,33H,8-18H2,1-7H3/t19-,20?,22-,24+,25+,26-,29+,30+,31+,32+/m1/s1.